The predicted octanol–water partition coefficient (Wildman–Crippen LogP) is 4.08. The molecular formula is C21H26O2. The number of benzene rings is 1. The Labute approximate surface area is 138 Å². The highest BCUT2D eigenvalue weighted by atomic mass is 16.5. The zero-order chi connectivity index (χ0) is 15.8. The number of aliphatic hydroxyl groups excluding tert-OH is 1. The van der Waals surface area contributed by atoms with E-state index in [1.54, 1.807) is 12.7 Å². The van der Waals surface area contributed by atoms with Gasteiger partial charge in [0.15, 0.2) is 0 Å². The first kappa shape index (κ1) is 14.1. The average molecular weight is 310 g/mol. The molecule has 1 spiro atoms. The lowest BCUT2D eigenvalue weighted by atomic mass is 9.47. The van der Waals surface area contributed by atoms with Crippen LogP contribution >= 0.6 is 0 Å². The van der Waals surface area contributed by atoms with Crippen molar-refractivity contribution in [1.29, 1.82) is 0 Å². The van der Waals surface area contributed by atoms with Crippen LogP contribution in [-0.2, 0) is 6.42 Å². The van der Waals surface area contributed by atoms with Crippen LogP contribution in [0.5, 0.6) is 5.75 Å². The topological polar surface area (TPSA) is 29.5 Å². The Kier molecular flexibility index (Phi) is 2.71. The molecule has 0 aromatic heterocycles. The molecule has 6 atom stereocenters. The van der Waals surface area contributed by atoms with Gasteiger partial charge in [-0.2, -0.15) is 0 Å². The van der Waals surface area contributed by atoms with Crippen LogP contribution in [0.1, 0.15) is 49.7 Å². The molecule has 0 aliphatic heterocycles. The highest BCUT2D eigenvalue weighted by Gasteiger charge is 2.67. The van der Waals surface area contributed by atoms with Crippen molar-refractivity contribution in [2.24, 2.45) is 22.7 Å². The summed E-state index contributed by atoms with van der Waals surface area (Å²) in [4.78, 5) is 0. The normalized spacial score (nSPS) is 46.2. The van der Waals surface area contributed by atoms with Crippen LogP contribution in [0.15, 0.2) is 30.4 Å². The lowest BCUT2D eigenvalue weighted by Crippen LogP contribution is -2.52. The van der Waals surface area contributed by atoms with E-state index in [2.05, 4.69) is 37.3 Å². The fraction of sp³-hybridized carbons (Fsp3) is 0.619. The largest absolute Gasteiger partial charge is 0.497 e. The third-order valence-corrected chi connectivity index (χ3v) is 7.93. The molecular weight excluding hydrogens is 284 g/mol. The molecule has 0 saturated heterocycles. The Balaban J connectivity index is 1.59. The second-order valence-electron chi connectivity index (χ2n) is 8.48. The van der Waals surface area contributed by atoms with E-state index in [1.807, 2.05) is 0 Å². The number of aryl methyl sites for hydroxylation is 1. The smallest absolute Gasteiger partial charge is 0.119 e. The predicted molar refractivity (Wildman–Crippen MR) is 90.6 cm³/mol. The molecule has 23 heavy (non-hydrogen) atoms. The summed E-state index contributed by atoms with van der Waals surface area (Å²) in [5.41, 5.74) is 3.37. The number of ether oxygens (including phenoxy) is 1. The number of hydrogen-bond acceptors (Lipinski definition) is 2. The zero-order valence-corrected chi connectivity index (χ0v) is 14.1. The molecule has 2 nitrogen and oxygen atoms in total. The summed E-state index contributed by atoms with van der Waals surface area (Å²) in [5.74, 6) is 2.74. The summed E-state index contributed by atoms with van der Waals surface area (Å²) in [6.45, 7) is 2.36. The fourth-order valence-electron chi connectivity index (χ4n) is 6.73. The molecule has 0 radical (unpaired) electrons. The van der Waals surface area contributed by atoms with Gasteiger partial charge in [-0.25, -0.2) is 0 Å². The van der Waals surface area contributed by atoms with Crippen LogP contribution < -0.4 is 4.74 Å². The maximum Gasteiger partial charge on any atom is 0.119 e. The summed E-state index contributed by atoms with van der Waals surface area (Å²) < 4.78 is 5.42. The molecule has 2 bridgehead atoms. The second kappa shape index (κ2) is 4.42. The van der Waals surface area contributed by atoms with Gasteiger partial charge in [0.1, 0.15) is 5.75 Å². The van der Waals surface area contributed by atoms with Crippen LogP contribution in [0.3, 0.4) is 0 Å². The van der Waals surface area contributed by atoms with E-state index >= 15 is 0 Å². The van der Waals surface area contributed by atoms with Gasteiger partial charge >= 0.3 is 0 Å². The van der Waals surface area contributed by atoms with Crippen molar-refractivity contribution in [1.82, 2.24) is 0 Å². The van der Waals surface area contributed by atoms with E-state index in [0.717, 1.165) is 18.6 Å². The summed E-state index contributed by atoms with van der Waals surface area (Å²) in [5, 5.41) is 10.9. The molecule has 5 rings (SSSR count). The molecule has 2 fully saturated rings. The standard InChI is InChI=1S/C21H26O2/c1-20-9-8-17-16-5-4-15(23-2)11-13(16)3-6-18(17)21(20)10-7-14(12-21)19(20)22/h4-5,7,10-11,14,17-19,22H,3,6,8-9,12H2,1-2H3/t14-,17+,18+,19-,20+,21+/m0/s1. The Morgan fingerprint density at radius 3 is 2.96 bits per heavy atom. The number of aliphatic hydroxyl groups is 1. The van der Waals surface area contributed by atoms with E-state index in [-0.39, 0.29) is 16.9 Å². The molecule has 122 valence electrons. The fourth-order valence-corrected chi connectivity index (χ4v) is 6.73. The lowest BCUT2D eigenvalue weighted by Gasteiger charge is -2.57. The van der Waals surface area contributed by atoms with Crippen molar-refractivity contribution in [3.63, 3.8) is 0 Å². The molecule has 2 saturated carbocycles. The van der Waals surface area contributed by atoms with Gasteiger partial charge in [0.25, 0.3) is 0 Å². The first-order valence-electron chi connectivity index (χ1n) is 9.13. The molecule has 1 N–H and O–H groups in total. The minimum Gasteiger partial charge on any atom is -0.497 e. The Morgan fingerprint density at radius 1 is 1.26 bits per heavy atom. The first-order chi connectivity index (χ1) is 11.1. The zero-order valence-electron chi connectivity index (χ0n) is 14.1. The van der Waals surface area contributed by atoms with E-state index in [1.165, 1.54) is 24.8 Å². The molecule has 0 amide bonds. The van der Waals surface area contributed by atoms with Gasteiger partial charge in [0.2, 0.25) is 0 Å². The monoisotopic (exact) mass is 310 g/mol. The van der Waals surface area contributed by atoms with Crippen molar-refractivity contribution < 1.29 is 9.84 Å². The minimum absolute atomic E-state index is 0.0948. The third kappa shape index (κ3) is 1.54. The van der Waals surface area contributed by atoms with Crippen LogP contribution in [0, 0.1) is 22.7 Å². The van der Waals surface area contributed by atoms with Gasteiger partial charge in [-0.05, 0) is 67.2 Å². The van der Waals surface area contributed by atoms with E-state index in [4.69, 9.17) is 4.74 Å². The van der Waals surface area contributed by atoms with E-state index < -0.39 is 0 Å². The number of fused-ring (bicyclic) bond motifs is 4. The maximum atomic E-state index is 10.9. The van der Waals surface area contributed by atoms with Crippen molar-refractivity contribution >= 4 is 0 Å². The number of methoxy groups -OCH3 is 1. The SMILES string of the molecule is COc1ccc2c(c1)CC[C@@H]1[C@@H]2CC[C@]2(C)[C@@H](O)[C@H]3C=C[C@@]12C3. The highest BCUT2D eigenvalue weighted by molar-refractivity contribution is 5.43. The second-order valence-corrected chi connectivity index (χ2v) is 8.48. The molecule has 2 heteroatoms. The molecule has 0 unspecified atom stereocenters. The van der Waals surface area contributed by atoms with Crippen LogP contribution in [0.4, 0.5) is 0 Å². The van der Waals surface area contributed by atoms with Gasteiger partial charge in [0.05, 0.1) is 13.2 Å². The van der Waals surface area contributed by atoms with Gasteiger partial charge in [-0.15, -0.1) is 0 Å². The molecule has 1 aromatic carbocycles. The Bertz CT molecular complexity index is 693. The Morgan fingerprint density at radius 2 is 2.13 bits per heavy atom. The van der Waals surface area contributed by atoms with Gasteiger partial charge in [0, 0.05) is 16.7 Å². The molecule has 4 aliphatic rings. The van der Waals surface area contributed by atoms with Crippen molar-refractivity contribution in [3.05, 3.63) is 41.5 Å². The van der Waals surface area contributed by atoms with Crippen LogP contribution in [0.2, 0.25) is 0 Å². The van der Waals surface area contributed by atoms with E-state index in [9.17, 15) is 5.11 Å². The van der Waals surface area contributed by atoms with Crippen molar-refractivity contribution in [2.45, 2.75) is 51.0 Å². The summed E-state index contributed by atoms with van der Waals surface area (Å²) >= 11 is 0. The summed E-state index contributed by atoms with van der Waals surface area (Å²) in [6, 6.07) is 6.68. The van der Waals surface area contributed by atoms with Gasteiger partial charge < -0.3 is 9.84 Å². The van der Waals surface area contributed by atoms with Gasteiger partial charge in [-0.3, -0.25) is 0 Å². The number of rotatable bonds is 1. The molecule has 0 heterocycles. The highest BCUT2D eigenvalue weighted by Crippen LogP contribution is 2.72. The van der Waals surface area contributed by atoms with Crippen LogP contribution in [-0.4, -0.2) is 18.3 Å². The van der Waals surface area contributed by atoms with Gasteiger partial charge in [-0.1, -0.05) is 25.1 Å². The van der Waals surface area contributed by atoms with Crippen molar-refractivity contribution in [3.8, 4) is 5.75 Å². The first-order valence-corrected chi connectivity index (χ1v) is 9.13. The third-order valence-electron chi connectivity index (χ3n) is 7.93. The lowest BCUT2D eigenvalue weighted by molar-refractivity contribution is -0.0732. The number of hydrogen-bond donors (Lipinski definition) is 1. The van der Waals surface area contributed by atoms with E-state index in [0.29, 0.717) is 17.8 Å². The Hall–Kier alpha value is -1.28. The average Bonchev–Trinajstić information content (AvgIpc) is 3.11. The van der Waals surface area contributed by atoms with Crippen molar-refractivity contribution in [2.75, 3.05) is 7.11 Å². The number of allylic oxidation sites excluding steroid dienone is 1. The molecule has 1 aromatic rings. The van der Waals surface area contributed by atoms with Crippen LogP contribution in [0.25, 0.3) is 0 Å². The quantitative estimate of drug-likeness (QED) is 0.792. The summed E-state index contributed by atoms with van der Waals surface area (Å²) in [7, 11) is 1.75. The maximum absolute atomic E-state index is 10.9. The summed E-state index contributed by atoms with van der Waals surface area (Å²) in [6.07, 6.45) is 10.7. The minimum atomic E-state index is -0.134. The molecule has 4 aliphatic carbocycles.